The van der Waals surface area contributed by atoms with Gasteiger partial charge in [0.15, 0.2) is 5.03 Å². The Morgan fingerprint density at radius 2 is 1.67 bits per heavy atom. The molecule has 3 aromatic rings. The molecule has 21 heavy (non-hydrogen) atoms. The van der Waals surface area contributed by atoms with Crippen molar-refractivity contribution in [3.05, 3.63) is 57.0 Å². The van der Waals surface area contributed by atoms with Crippen LogP contribution < -0.4 is 0 Å². The zero-order valence-electron chi connectivity index (χ0n) is 11.0. The second-order valence-electron chi connectivity index (χ2n) is 4.35. The fourth-order valence-electron chi connectivity index (χ4n) is 1.90. The van der Waals surface area contributed by atoms with Crippen LogP contribution in [0.1, 0.15) is 9.75 Å². The molecule has 8 heteroatoms. The van der Waals surface area contributed by atoms with Crippen LogP contribution in [0.5, 0.6) is 0 Å². The van der Waals surface area contributed by atoms with Crippen molar-refractivity contribution in [2.45, 2.75) is 18.1 Å². The summed E-state index contributed by atoms with van der Waals surface area (Å²) in [5, 5.41) is 10.3. The first kappa shape index (κ1) is 14.5. The van der Waals surface area contributed by atoms with Gasteiger partial charge in [-0.15, -0.1) is 22.7 Å². The lowest BCUT2D eigenvalue weighted by molar-refractivity contribution is 0.405. The van der Waals surface area contributed by atoms with Crippen LogP contribution in [0.15, 0.2) is 52.3 Å². The molecule has 5 nitrogen and oxygen atoms in total. The molecule has 0 saturated heterocycles. The quantitative estimate of drug-likeness (QED) is 0.751. The molecule has 0 aliphatic carbocycles. The highest BCUT2D eigenvalue weighted by atomic mass is 32.2. The van der Waals surface area contributed by atoms with Gasteiger partial charge in [0.1, 0.15) is 0 Å². The number of hydrogen-bond acceptors (Lipinski definition) is 5. The molecule has 3 heterocycles. The lowest BCUT2D eigenvalue weighted by atomic mass is 10.4. The van der Waals surface area contributed by atoms with Crippen LogP contribution >= 0.6 is 22.7 Å². The monoisotopic (exact) mass is 339 g/mol. The lowest BCUT2D eigenvalue weighted by Crippen LogP contribution is -2.30. The Labute approximate surface area is 130 Å². The fourth-order valence-corrected chi connectivity index (χ4v) is 4.80. The van der Waals surface area contributed by atoms with Crippen molar-refractivity contribution in [2.24, 2.45) is 0 Å². The first-order valence-corrected chi connectivity index (χ1v) is 9.40. The molecule has 0 atom stereocenters. The van der Waals surface area contributed by atoms with E-state index in [0.29, 0.717) is 13.1 Å². The largest absolute Gasteiger partial charge is 0.266 e. The van der Waals surface area contributed by atoms with E-state index in [1.54, 1.807) is 22.7 Å². The third-order valence-electron chi connectivity index (χ3n) is 2.92. The maximum absolute atomic E-state index is 12.7. The average molecular weight is 339 g/mol. The minimum absolute atomic E-state index is 0.121. The Kier molecular flexibility index (Phi) is 4.20. The van der Waals surface area contributed by atoms with Gasteiger partial charge in [-0.3, -0.25) is 5.10 Å². The molecule has 0 spiro atoms. The molecule has 0 saturated carbocycles. The van der Waals surface area contributed by atoms with E-state index in [1.807, 2.05) is 35.0 Å². The van der Waals surface area contributed by atoms with Gasteiger partial charge in [0.2, 0.25) is 0 Å². The lowest BCUT2D eigenvalue weighted by Gasteiger charge is -2.20. The molecule has 0 bridgehead atoms. The number of H-pyrrole nitrogens is 1. The van der Waals surface area contributed by atoms with E-state index in [9.17, 15) is 8.42 Å². The van der Waals surface area contributed by atoms with Gasteiger partial charge < -0.3 is 0 Å². The third-order valence-corrected chi connectivity index (χ3v) is 6.36. The highest BCUT2D eigenvalue weighted by Gasteiger charge is 2.26. The first-order valence-electron chi connectivity index (χ1n) is 6.20. The van der Waals surface area contributed by atoms with Crippen LogP contribution in [0, 0.1) is 0 Å². The van der Waals surface area contributed by atoms with Crippen LogP contribution in [0.4, 0.5) is 0 Å². The zero-order chi connectivity index (χ0) is 14.7. The molecular formula is C13H13N3O2S3. The van der Waals surface area contributed by atoms with E-state index >= 15 is 0 Å². The molecule has 0 radical (unpaired) electrons. The molecule has 0 amide bonds. The van der Waals surface area contributed by atoms with E-state index in [0.717, 1.165) is 9.75 Å². The van der Waals surface area contributed by atoms with Crippen LogP contribution in [0.25, 0.3) is 0 Å². The van der Waals surface area contributed by atoms with Crippen molar-refractivity contribution in [3.63, 3.8) is 0 Å². The van der Waals surface area contributed by atoms with Crippen LogP contribution in [-0.4, -0.2) is 22.9 Å². The third kappa shape index (κ3) is 3.24. The summed E-state index contributed by atoms with van der Waals surface area (Å²) in [6.07, 6.45) is 1.45. The van der Waals surface area contributed by atoms with Crippen molar-refractivity contribution in [1.29, 1.82) is 0 Å². The number of aromatic amines is 1. The Morgan fingerprint density at radius 3 is 2.10 bits per heavy atom. The summed E-state index contributed by atoms with van der Waals surface area (Å²) in [6.45, 7) is 0.716. The van der Waals surface area contributed by atoms with Crippen molar-refractivity contribution < 1.29 is 8.42 Å². The first-order chi connectivity index (χ1) is 10.2. The molecule has 0 aliphatic rings. The van der Waals surface area contributed by atoms with E-state index < -0.39 is 10.0 Å². The van der Waals surface area contributed by atoms with Crippen molar-refractivity contribution in [3.8, 4) is 0 Å². The number of rotatable bonds is 6. The van der Waals surface area contributed by atoms with E-state index in [4.69, 9.17) is 0 Å². The normalized spacial score (nSPS) is 12.0. The fraction of sp³-hybridized carbons (Fsp3) is 0.154. The maximum atomic E-state index is 12.7. The number of hydrogen-bond donors (Lipinski definition) is 1. The predicted octanol–water partition coefficient (Wildman–Crippen LogP) is 2.92. The average Bonchev–Trinajstić information content (AvgIpc) is 3.22. The van der Waals surface area contributed by atoms with Crippen LogP contribution in [-0.2, 0) is 23.1 Å². The maximum Gasteiger partial charge on any atom is 0.260 e. The SMILES string of the molecule is O=S(=O)(c1ccn[nH]1)N(Cc1cccs1)Cc1cccs1. The number of nitrogens with zero attached hydrogens (tertiary/aromatic N) is 2. The predicted molar refractivity (Wildman–Crippen MR) is 83.7 cm³/mol. The molecule has 0 aliphatic heterocycles. The van der Waals surface area contributed by atoms with Gasteiger partial charge in [-0.2, -0.15) is 9.40 Å². The standard InChI is InChI=1S/C13H13N3O2S3/c17-21(18,13-5-6-14-15-13)16(9-11-3-1-7-19-11)10-12-4-2-8-20-12/h1-8H,9-10H2,(H,14,15). The van der Waals surface area contributed by atoms with Gasteiger partial charge in [0, 0.05) is 22.8 Å². The number of nitrogens with one attached hydrogen (secondary N) is 1. The second-order valence-corrected chi connectivity index (χ2v) is 8.32. The summed E-state index contributed by atoms with van der Waals surface area (Å²) < 4.78 is 26.9. The highest BCUT2D eigenvalue weighted by Crippen LogP contribution is 2.23. The minimum atomic E-state index is -3.58. The molecule has 110 valence electrons. The highest BCUT2D eigenvalue weighted by molar-refractivity contribution is 7.89. The summed E-state index contributed by atoms with van der Waals surface area (Å²) >= 11 is 3.10. The molecule has 0 aromatic carbocycles. The van der Waals surface area contributed by atoms with Crippen molar-refractivity contribution in [2.75, 3.05) is 0 Å². The molecule has 3 rings (SSSR count). The zero-order valence-corrected chi connectivity index (χ0v) is 13.4. The number of sulfonamides is 1. The summed E-state index contributed by atoms with van der Waals surface area (Å²) in [6, 6.07) is 9.20. The van der Waals surface area contributed by atoms with Crippen LogP contribution in [0.3, 0.4) is 0 Å². The van der Waals surface area contributed by atoms with Gasteiger partial charge in [-0.1, -0.05) is 12.1 Å². The van der Waals surface area contributed by atoms with E-state index in [2.05, 4.69) is 10.2 Å². The Bertz CT molecular complexity index is 727. The second kappa shape index (κ2) is 6.10. The minimum Gasteiger partial charge on any atom is -0.266 e. The number of thiophene rings is 2. The molecule has 1 N–H and O–H groups in total. The molecule has 0 fully saturated rings. The van der Waals surface area contributed by atoms with E-state index in [-0.39, 0.29) is 5.03 Å². The van der Waals surface area contributed by atoms with Crippen LogP contribution in [0.2, 0.25) is 0 Å². The van der Waals surface area contributed by atoms with Gasteiger partial charge in [0.05, 0.1) is 6.20 Å². The van der Waals surface area contributed by atoms with Gasteiger partial charge in [-0.25, -0.2) is 8.42 Å². The smallest absolute Gasteiger partial charge is 0.260 e. The van der Waals surface area contributed by atoms with Crippen molar-refractivity contribution in [1.82, 2.24) is 14.5 Å². The summed E-state index contributed by atoms with van der Waals surface area (Å²) in [4.78, 5) is 2.02. The van der Waals surface area contributed by atoms with Gasteiger partial charge in [0.25, 0.3) is 10.0 Å². The molecule has 0 unspecified atom stereocenters. The Morgan fingerprint density at radius 1 is 1.05 bits per heavy atom. The Balaban J connectivity index is 1.91. The Hall–Kier alpha value is -1.48. The van der Waals surface area contributed by atoms with Crippen molar-refractivity contribution >= 4 is 32.7 Å². The van der Waals surface area contributed by atoms with Gasteiger partial charge >= 0.3 is 0 Å². The summed E-state index contributed by atoms with van der Waals surface area (Å²) in [5.41, 5.74) is 0. The summed E-state index contributed by atoms with van der Waals surface area (Å²) in [5.74, 6) is 0. The number of aromatic nitrogens is 2. The molecular weight excluding hydrogens is 326 g/mol. The van der Waals surface area contributed by atoms with Gasteiger partial charge in [-0.05, 0) is 29.0 Å². The summed E-state index contributed by atoms with van der Waals surface area (Å²) in [7, 11) is -3.58. The molecule has 3 aromatic heterocycles. The topological polar surface area (TPSA) is 66.1 Å². The van der Waals surface area contributed by atoms with E-state index in [1.165, 1.54) is 16.6 Å².